The summed E-state index contributed by atoms with van der Waals surface area (Å²) < 4.78 is 0. The quantitative estimate of drug-likeness (QED) is 0.483. The Morgan fingerprint density at radius 1 is 1.47 bits per heavy atom. The standard InChI is InChI=1S/C13H18N2O2/c1-10(2)8-9-14-11(3)12-6-4-5-7-13(12)15(16)17/h4-8,11,14H,9H2,1-3H3. The average molecular weight is 234 g/mol. The maximum absolute atomic E-state index is 10.9. The second-order valence-corrected chi connectivity index (χ2v) is 4.23. The third-order valence-electron chi connectivity index (χ3n) is 2.53. The monoisotopic (exact) mass is 234 g/mol. The molecule has 0 heterocycles. The lowest BCUT2D eigenvalue weighted by Gasteiger charge is -2.13. The number of benzene rings is 1. The van der Waals surface area contributed by atoms with Crippen molar-refractivity contribution in [2.75, 3.05) is 6.54 Å². The molecular formula is C13H18N2O2. The molecule has 0 aromatic heterocycles. The smallest absolute Gasteiger partial charge is 0.274 e. The van der Waals surface area contributed by atoms with Crippen molar-refractivity contribution in [3.8, 4) is 0 Å². The molecule has 0 fully saturated rings. The van der Waals surface area contributed by atoms with Gasteiger partial charge in [-0.1, -0.05) is 29.8 Å². The maximum Gasteiger partial charge on any atom is 0.274 e. The number of allylic oxidation sites excluding steroid dienone is 1. The Kier molecular flexibility index (Phi) is 4.84. The first-order chi connectivity index (χ1) is 8.02. The fraction of sp³-hybridized carbons (Fsp3) is 0.385. The molecule has 1 aromatic carbocycles. The van der Waals surface area contributed by atoms with E-state index in [4.69, 9.17) is 0 Å². The van der Waals surface area contributed by atoms with Gasteiger partial charge in [0.1, 0.15) is 0 Å². The summed E-state index contributed by atoms with van der Waals surface area (Å²) >= 11 is 0. The van der Waals surface area contributed by atoms with Crippen molar-refractivity contribution < 1.29 is 4.92 Å². The average Bonchev–Trinajstić information content (AvgIpc) is 2.28. The zero-order valence-corrected chi connectivity index (χ0v) is 10.4. The molecule has 0 saturated carbocycles. The fourth-order valence-corrected chi connectivity index (χ4v) is 1.57. The summed E-state index contributed by atoms with van der Waals surface area (Å²) in [6.45, 7) is 6.70. The third kappa shape index (κ3) is 4.00. The normalized spacial score (nSPS) is 11.9. The summed E-state index contributed by atoms with van der Waals surface area (Å²) in [7, 11) is 0. The van der Waals surface area contributed by atoms with Gasteiger partial charge >= 0.3 is 0 Å². The highest BCUT2D eigenvalue weighted by Gasteiger charge is 2.16. The van der Waals surface area contributed by atoms with E-state index >= 15 is 0 Å². The van der Waals surface area contributed by atoms with Crippen LogP contribution in [0, 0.1) is 10.1 Å². The first kappa shape index (κ1) is 13.4. The van der Waals surface area contributed by atoms with Crippen LogP contribution in [0.15, 0.2) is 35.9 Å². The van der Waals surface area contributed by atoms with Crippen molar-refractivity contribution in [3.05, 3.63) is 51.6 Å². The molecule has 0 radical (unpaired) electrons. The molecule has 0 saturated heterocycles. The van der Waals surface area contributed by atoms with Crippen molar-refractivity contribution in [1.29, 1.82) is 0 Å². The summed E-state index contributed by atoms with van der Waals surface area (Å²) in [6, 6.07) is 6.80. The predicted molar refractivity (Wildman–Crippen MR) is 68.9 cm³/mol. The fourth-order valence-electron chi connectivity index (χ4n) is 1.57. The Labute approximate surface area is 101 Å². The van der Waals surface area contributed by atoms with E-state index in [0.29, 0.717) is 0 Å². The van der Waals surface area contributed by atoms with E-state index in [2.05, 4.69) is 11.4 Å². The molecule has 0 aliphatic carbocycles. The molecule has 0 bridgehead atoms. The zero-order chi connectivity index (χ0) is 12.8. The Balaban J connectivity index is 2.78. The van der Waals surface area contributed by atoms with Gasteiger partial charge in [0.05, 0.1) is 4.92 Å². The first-order valence-electron chi connectivity index (χ1n) is 5.62. The van der Waals surface area contributed by atoms with Crippen LogP contribution in [0.5, 0.6) is 0 Å². The van der Waals surface area contributed by atoms with Gasteiger partial charge in [-0.3, -0.25) is 10.1 Å². The van der Waals surface area contributed by atoms with Crippen LogP contribution in [0.4, 0.5) is 5.69 Å². The van der Waals surface area contributed by atoms with Gasteiger partial charge in [0, 0.05) is 24.2 Å². The highest BCUT2D eigenvalue weighted by molar-refractivity contribution is 5.41. The number of nitrogens with one attached hydrogen (secondary N) is 1. The van der Waals surface area contributed by atoms with Gasteiger partial charge in [0.2, 0.25) is 0 Å². The molecular weight excluding hydrogens is 216 g/mol. The topological polar surface area (TPSA) is 55.2 Å². The van der Waals surface area contributed by atoms with Gasteiger partial charge in [0.25, 0.3) is 5.69 Å². The summed E-state index contributed by atoms with van der Waals surface area (Å²) in [5.41, 5.74) is 2.12. The molecule has 0 spiro atoms. The van der Waals surface area contributed by atoms with E-state index in [0.717, 1.165) is 12.1 Å². The van der Waals surface area contributed by atoms with Gasteiger partial charge in [0.15, 0.2) is 0 Å². The Bertz CT molecular complexity index is 423. The van der Waals surface area contributed by atoms with Crippen molar-refractivity contribution in [3.63, 3.8) is 0 Å². The van der Waals surface area contributed by atoms with Gasteiger partial charge in [-0.25, -0.2) is 0 Å². The Hall–Kier alpha value is -1.68. The Morgan fingerprint density at radius 2 is 2.12 bits per heavy atom. The van der Waals surface area contributed by atoms with Crippen LogP contribution in [0.3, 0.4) is 0 Å². The molecule has 4 heteroatoms. The van der Waals surface area contributed by atoms with E-state index in [1.54, 1.807) is 12.1 Å². The van der Waals surface area contributed by atoms with E-state index in [-0.39, 0.29) is 16.7 Å². The van der Waals surface area contributed by atoms with Crippen molar-refractivity contribution in [1.82, 2.24) is 5.32 Å². The molecule has 1 rings (SSSR count). The lowest BCUT2D eigenvalue weighted by atomic mass is 10.1. The SMILES string of the molecule is CC(C)=CCNC(C)c1ccccc1[N+](=O)[O-]. The summed E-state index contributed by atoms with van der Waals surface area (Å²) in [4.78, 5) is 10.5. The van der Waals surface area contributed by atoms with Crippen molar-refractivity contribution >= 4 is 5.69 Å². The van der Waals surface area contributed by atoms with Gasteiger partial charge in [-0.15, -0.1) is 0 Å². The van der Waals surface area contributed by atoms with E-state index < -0.39 is 0 Å². The maximum atomic E-state index is 10.9. The van der Waals surface area contributed by atoms with Crippen LogP contribution in [0.2, 0.25) is 0 Å². The van der Waals surface area contributed by atoms with E-state index in [9.17, 15) is 10.1 Å². The minimum Gasteiger partial charge on any atom is -0.306 e. The second-order valence-electron chi connectivity index (χ2n) is 4.23. The van der Waals surface area contributed by atoms with Crippen molar-refractivity contribution in [2.45, 2.75) is 26.8 Å². The molecule has 0 aliphatic heterocycles. The summed E-state index contributed by atoms with van der Waals surface area (Å²) in [5, 5.41) is 14.1. The van der Waals surface area contributed by atoms with Crippen LogP contribution < -0.4 is 5.32 Å². The summed E-state index contributed by atoms with van der Waals surface area (Å²) in [5.74, 6) is 0. The van der Waals surface area contributed by atoms with Gasteiger partial charge in [-0.05, 0) is 20.8 Å². The lowest BCUT2D eigenvalue weighted by Crippen LogP contribution is -2.19. The third-order valence-corrected chi connectivity index (χ3v) is 2.53. The number of nitro groups is 1. The van der Waals surface area contributed by atoms with Crippen LogP contribution in [0.25, 0.3) is 0 Å². The van der Waals surface area contributed by atoms with Gasteiger partial charge in [-0.2, -0.15) is 0 Å². The highest BCUT2D eigenvalue weighted by Crippen LogP contribution is 2.24. The number of rotatable bonds is 5. The highest BCUT2D eigenvalue weighted by atomic mass is 16.6. The molecule has 1 aromatic rings. The van der Waals surface area contributed by atoms with Crippen LogP contribution in [-0.4, -0.2) is 11.5 Å². The van der Waals surface area contributed by atoms with Crippen LogP contribution in [-0.2, 0) is 0 Å². The molecule has 0 amide bonds. The largest absolute Gasteiger partial charge is 0.306 e. The van der Waals surface area contributed by atoms with E-state index in [1.165, 1.54) is 11.6 Å². The molecule has 92 valence electrons. The van der Waals surface area contributed by atoms with E-state index in [1.807, 2.05) is 26.8 Å². The minimum absolute atomic E-state index is 0.0350. The molecule has 1 atom stereocenters. The zero-order valence-electron chi connectivity index (χ0n) is 10.4. The predicted octanol–water partition coefficient (Wildman–Crippen LogP) is 3.21. The van der Waals surface area contributed by atoms with Crippen LogP contribution in [0.1, 0.15) is 32.4 Å². The number of hydrogen-bond acceptors (Lipinski definition) is 3. The number of nitro benzene ring substituents is 1. The number of nitrogens with zero attached hydrogens (tertiary/aromatic N) is 1. The molecule has 4 nitrogen and oxygen atoms in total. The molecule has 17 heavy (non-hydrogen) atoms. The molecule has 1 unspecified atom stereocenters. The van der Waals surface area contributed by atoms with Crippen molar-refractivity contribution in [2.24, 2.45) is 0 Å². The Morgan fingerprint density at radius 3 is 2.71 bits per heavy atom. The minimum atomic E-state index is -0.339. The second kappa shape index (κ2) is 6.15. The number of hydrogen-bond donors (Lipinski definition) is 1. The van der Waals surface area contributed by atoms with Gasteiger partial charge < -0.3 is 5.32 Å². The lowest BCUT2D eigenvalue weighted by molar-refractivity contribution is -0.385. The number of para-hydroxylation sites is 1. The molecule has 1 N–H and O–H groups in total. The summed E-state index contributed by atoms with van der Waals surface area (Å²) in [6.07, 6.45) is 2.06. The first-order valence-corrected chi connectivity index (χ1v) is 5.62. The molecule has 0 aliphatic rings. The van der Waals surface area contributed by atoms with Crippen LogP contribution >= 0.6 is 0 Å².